The van der Waals surface area contributed by atoms with Crippen molar-refractivity contribution in [1.82, 2.24) is 25.3 Å². The van der Waals surface area contributed by atoms with E-state index < -0.39 is 0 Å². The minimum absolute atomic E-state index is 0.154. The molecule has 7 heteroatoms. The molecule has 0 aliphatic carbocycles. The molecular weight excluding hydrogens is 364 g/mol. The molecule has 1 aromatic rings. The maximum Gasteiger partial charge on any atom is 0.241 e. The molecule has 29 heavy (non-hydrogen) atoms. The second-order valence-corrected chi connectivity index (χ2v) is 8.03. The molecule has 0 radical (unpaired) electrons. The molecule has 2 aliphatic rings. The highest BCUT2D eigenvalue weighted by Gasteiger charge is 2.17. The van der Waals surface area contributed by atoms with E-state index in [1.165, 1.54) is 11.1 Å². The van der Waals surface area contributed by atoms with Crippen LogP contribution in [0.4, 0.5) is 0 Å². The van der Waals surface area contributed by atoms with Gasteiger partial charge in [-0.1, -0.05) is 24.3 Å². The summed E-state index contributed by atoms with van der Waals surface area (Å²) >= 11 is 0. The minimum Gasteiger partial charge on any atom is -0.357 e. The lowest BCUT2D eigenvalue weighted by Crippen LogP contribution is -2.44. The molecule has 2 saturated heterocycles. The van der Waals surface area contributed by atoms with Crippen LogP contribution in [-0.4, -0.2) is 86.0 Å². The molecule has 0 saturated carbocycles. The normalized spacial score (nSPS) is 18.8. The van der Waals surface area contributed by atoms with Crippen molar-refractivity contribution in [2.45, 2.75) is 32.9 Å². The monoisotopic (exact) mass is 400 g/mol. The molecule has 0 bridgehead atoms. The second-order valence-electron chi connectivity index (χ2n) is 8.03. The maximum absolute atomic E-state index is 12.2. The Morgan fingerprint density at radius 2 is 1.62 bits per heavy atom. The van der Waals surface area contributed by atoms with Gasteiger partial charge in [-0.3, -0.25) is 9.69 Å². The van der Waals surface area contributed by atoms with Gasteiger partial charge in [-0.2, -0.15) is 0 Å². The van der Waals surface area contributed by atoms with Crippen molar-refractivity contribution >= 4 is 11.9 Å². The zero-order chi connectivity index (χ0) is 20.5. The molecule has 2 heterocycles. The number of aliphatic imine (C=N–C) groups is 1. The van der Waals surface area contributed by atoms with Crippen molar-refractivity contribution in [3.8, 4) is 0 Å². The molecule has 2 N–H and O–H groups in total. The van der Waals surface area contributed by atoms with Crippen molar-refractivity contribution in [1.29, 1.82) is 0 Å². The SMILES string of the molecule is CCNC(=NCc1ccc(CN2CCN(C)CC2)cc1)NCC(=O)N1CCCC1. The summed E-state index contributed by atoms with van der Waals surface area (Å²) in [7, 11) is 2.19. The molecule has 0 atom stereocenters. The Morgan fingerprint density at radius 1 is 0.966 bits per heavy atom. The number of hydrogen-bond acceptors (Lipinski definition) is 4. The van der Waals surface area contributed by atoms with Crippen LogP contribution < -0.4 is 10.6 Å². The molecular formula is C22H36N6O. The van der Waals surface area contributed by atoms with Crippen LogP contribution in [0, 0.1) is 0 Å². The number of carbonyl (C=O) groups excluding carboxylic acids is 1. The molecule has 2 fully saturated rings. The van der Waals surface area contributed by atoms with Gasteiger partial charge in [0.05, 0.1) is 13.1 Å². The fourth-order valence-electron chi connectivity index (χ4n) is 3.76. The number of likely N-dealkylation sites (N-methyl/N-ethyl adjacent to an activating group) is 1. The first-order valence-electron chi connectivity index (χ1n) is 10.9. The van der Waals surface area contributed by atoms with E-state index >= 15 is 0 Å². The van der Waals surface area contributed by atoms with Crippen molar-refractivity contribution in [3.63, 3.8) is 0 Å². The Balaban J connectivity index is 1.47. The third-order valence-corrected chi connectivity index (χ3v) is 5.65. The summed E-state index contributed by atoms with van der Waals surface area (Å²) in [5.41, 5.74) is 2.53. The smallest absolute Gasteiger partial charge is 0.241 e. The standard InChI is InChI=1S/C22H36N6O/c1-3-23-22(25-17-21(29)28-10-4-5-11-28)24-16-19-6-8-20(9-7-19)18-27-14-12-26(2)13-15-27/h6-9H,3-5,10-18H2,1-2H3,(H2,23,24,25). The van der Waals surface area contributed by atoms with E-state index in [0.717, 1.165) is 65.2 Å². The molecule has 0 aromatic heterocycles. The van der Waals surface area contributed by atoms with E-state index in [0.29, 0.717) is 19.0 Å². The average Bonchev–Trinajstić information content (AvgIpc) is 3.28. The van der Waals surface area contributed by atoms with Crippen LogP contribution in [0.25, 0.3) is 0 Å². The Hall–Kier alpha value is -2.12. The van der Waals surface area contributed by atoms with Crippen LogP contribution in [0.3, 0.4) is 0 Å². The first-order chi connectivity index (χ1) is 14.1. The number of piperazine rings is 1. The molecule has 2 aliphatic heterocycles. The third-order valence-electron chi connectivity index (χ3n) is 5.65. The van der Waals surface area contributed by atoms with Crippen LogP contribution in [0.2, 0.25) is 0 Å². The predicted molar refractivity (Wildman–Crippen MR) is 118 cm³/mol. The van der Waals surface area contributed by atoms with Gasteiger partial charge in [-0.05, 0) is 37.9 Å². The zero-order valence-electron chi connectivity index (χ0n) is 18.0. The van der Waals surface area contributed by atoms with Crippen LogP contribution in [-0.2, 0) is 17.9 Å². The van der Waals surface area contributed by atoms with Crippen molar-refractivity contribution in [2.24, 2.45) is 4.99 Å². The summed E-state index contributed by atoms with van der Waals surface area (Å²) in [4.78, 5) is 23.7. The van der Waals surface area contributed by atoms with E-state index in [4.69, 9.17) is 0 Å². The van der Waals surface area contributed by atoms with Gasteiger partial charge in [-0.25, -0.2) is 4.99 Å². The molecule has 1 amide bonds. The van der Waals surface area contributed by atoms with E-state index in [1.54, 1.807) is 0 Å². The van der Waals surface area contributed by atoms with Gasteiger partial charge in [0.2, 0.25) is 5.91 Å². The fourth-order valence-corrected chi connectivity index (χ4v) is 3.76. The number of guanidine groups is 1. The summed E-state index contributed by atoms with van der Waals surface area (Å²) in [6.07, 6.45) is 2.23. The van der Waals surface area contributed by atoms with Gasteiger partial charge in [0, 0.05) is 52.4 Å². The summed E-state index contributed by atoms with van der Waals surface area (Å²) in [6.45, 7) is 11.1. The first-order valence-corrected chi connectivity index (χ1v) is 10.9. The molecule has 1 aromatic carbocycles. The second kappa shape index (κ2) is 11.2. The number of hydrogen-bond donors (Lipinski definition) is 2. The van der Waals surface area contributed by atoms with E-state index in [-0.39, 0.29) is 5.91 Å². The molecule has 0 unspecified atom stereocenters. The highest BCUT2D eigenvalue weighted by molar-refractivity contribution is 5.86. The molecule has 3 rings (SSSR count). The van der Waals surface area contributed by atoms with Crippen LogP contribution >= 0.6 is 0 Å². The molecule has 0 spiro atoms. The first kappa shape index (κ1) is 21.6. The van der Waals surface area contributed by atoms with Crippen LogP contribution in [0.5, 0.6) is 0 Å². The number of rotatable bonds is 7. The van der Waals surface area contributed by atoms with Crippen molar-refractivity contribution in [2.75, 3.05) is 59.4 Å². The summed E-state index contributed by atoms with van der Waals surface area (Å²) in [5, 5.41) is 6.40. The number of carbonyl (C=O) groups is 1. The lowest BCUT2D eigenvalue weighted by atomic mass is 10.1. The van der Waals surface area contributed by atoms with Gasteiger partial charge in [-0.15, -0.1) is 0 Å². The van der Waals surface area contributed by atoms with Gasteiger partial charge in [0.1, 0.15) is 0 Å². The number of nitrogens with zero attached hydrogens (tertiary/aromatic N) is 4. The van der Waals surface area contributed by atoms with Gasteiger partial charge >= 0.3 is 0 Å². The lowest BCUT2D eigenvalue weighted by Gasteiger charge is -2.32. The van der Waals surface area contributed by atoms with E-state index in [9.17, 15) is 4.79 Å². The maximum atomic E-state index is 12.2. The predicted octanol–water partition coefficient (Wildman–Crippen LogP) is 1.11. The van der Waals surface area contributed by atoms with Crippen molar-refractivity contribution < 1.29 is 4.79 Å². The summed E-state index contributed by atoms with van der Waals surface area (Å²) in [6, 6.07) is 8.74. The topological polar surface area (TPSA) is 63.2 Å². The Labute approximate surface area is 175 Å². The quantitative estimate of drug-likeness (QED) is 0.530. The number of likely N-dealkylation sites (tertiary alicyclic amines) is 1. The molecule has 7 nitrogen and oxygen atoms in total. The van der Waals surface area contributed by atoms with Gasteiger partial charge in [0.15, 0.2) is 5.96 Å². The Kier molecular flexibility index (Phi) is 8.31. The highest BCUT2D eigenvalue weighted by Crippen LogP contribution is 2.10. The minimum atomic E-state index is 0.154. The van der Waals surface area contributed by atoms with Gasteiger partial charge < -0.3 is 20.4 Å². The van der Waals surface area contributed by atoms with Crippen LogP contribution in [0.1, 0.15) is 30.9 Å². The highest BCUT2D eigenvalue weighted by atomic mass is 16.2. The van der Waals surface area contributed by atoms with Crippen LogP contribution in [0.15, 0.2) is 29.3 Å². The number of benzene rings is 1. The Bertz CT molecular complexity index is 660. The fraction of sp³-hybridized carbons (Fsp3) is 0.636. The number of nitrogens with one attached hydrogen (secondary N) is 2. The zero-order valence-corrected chi connectivity index (χ0v) is 18.0. The van der Waals surface area contributed by atoms with Crippen molar-refractivity contribution in [3.05, 3.63) is 35.4 Å². The van der Waals surface area contributed by atoms with E-state index in [1.807, 2.05) is 11.8 Å². The molecule has 160 valence electrons. The summed E-state index contributed by atoms with van der Waals surface area (Å²) < 4.78 is 0. The Morgan fingerprint density at radius 3 is 2.28 bits per heavy atom. The van der Waals surface area contributed by atoms with E-state index in [2.05, 4.69) is 56.7 Å². The third kappa shape index (κ3) is 7.01. The lowest BCUT2D eigenvalue weighted by molar-refractivity contribution is -0.128. The largest absolute Gasteiger partial charge is 0.357 e. The van der Waals surface area contributed by atoms with Gasteiger partial charge in [0.25, 0.3) is 0 Å². The summed E-state index contributed by atoms with van der Waals surface area (Å²) in [5.74, 6) is 0.850. The average molecular weight is 401 g/mol. The number of amides is 1.